The van der Waals surface area contributed by atoms with Gasteiger partial charge in [0.1, 0.15) is 6.61 Å². The molecule has 0 atom stereocenters. The van der Waals surface area contributed by atoms with Crippen LogP contribution < -0.4 is 14.4 Å². The Kier molecular flexibility index (Phi) is 4.89. The van der Waals surface area contributed by atoms with Crippen LogP contribution >= 0.6 is 0 Å². The predicted molar refractivity (Wildman–Crippen MR) is 101 cm³/mol. The molecular formula is C21H21NO3. The third kappa shape index (κ3) is 3.15. The lowest BCUT2D eigenvalue weighted by molar-refractivity contribution is -0.112. The van der Waals surface area contributed by atoms with Crippen LogP contribution in [0.2, 0.25) is 0 Å². The number of benzene rings is 2. The number of amides is 1. The van der Waals surface area contributed by atoms with Crippen molar-refractivity contribution in [1.29, 1.82) is 0 Å². The maximum Gasteiger partial charge on any atom is 0.258 e. The van der Waals surface area contributed by atoms with E-state index in [4.69, 9.17) is 9.47 Å². The fraction of sp³-hybridized carbons (Fsp3) is 0.190. The number of rotatable bonds is 6. The molecule has 4 heteroatoms. The molecule has 0 fully saturated rings. The lowest BCUT2D eigenvalue weighted by Gasteiger charge is -2.13. The van der Waals surface area contributed by atoms with Gasteiger partial charge in [-0.3, -0.25) is 4.79 Å². The fourth-order valence-corrected chi connectivity index (χ4v) is 2.97. The lowest BCUT2D eigenvalue weighted by atomic mass is 10.0. The molecule has 0 N–H and O–H groups in total. The largest absolute Gasteiger partial charge is 0.493 e. The first-order chi connectivity index (χ1) is 12.2. The molecule has 0 spiro atoms. The average Bonchev–Trinajstić information content (AvgIpc) is 2.91. The van der Waals surface area contributed by atoms with Crippen molar-refractivity contribution in [3.05, 3.63) is 66.2 Å². The molecule has 1 aliphatic heterocycles. The SMILES string of the molecule is C=CCOc1ccc(/C=C2\C(=O)N(CC)c3ccccc32)cc1OC. The Labute approximate surface area is 148 Å². The number of para-hydroxylation sites is 1. The summed E-state index contributed by atoms with van der Waals surface area (Å²) in [6.45, 7) is 6.68. The number of likely N-dealkylation sites (N-methyl/N-ethyl adjacent to an activating group) is 1. The molecule has 0 saturated carbocycles. The molecule has 1 amide bonds. The van der Waals surface area contributed by atoms with Gasteiger partial charge in [-0.1, -0.05) is 36.9 Å². The highest BCUT2D eigenvalue weighted by atomic mass is 16.5. The minimum absolute atomic E-state index is 0.0228. The summed E-state index contributed by atoms with van der Waals surface area (Å²) in [5, 5.41) is 0. The molecule has 1 heterocycles. The molecular weight excluding hydrogens is 314 g/mol. The molecule has 1 aliphatic rings. The van der Waals surface area contributed by atoms with Crippen LogP contribution in [0.3, 0.4) is 0 Å². The van der Waals surface area contributed by atoms with E-state index in [1.54, 1.807) is 18.1 Å². The fourth-order valence-electron chi connectivity index (χ4n) is 2.97. The Bertz CT molecular complexity index is 839. The van der Waals surface area contributed by atoms with Crippen LogP contribution in [0.5, 0.6) is 11.5 Å². The van der Waals surface area contributed by atoms with E-state index in [9.17, 15) is 4.79 Å². The van der Waals surface area contributed by atoms with Crippen molar-refractivity contribution in [3.8, 4) is 11.5 Å². The maximum atomic E-state index is 12.8. The molecule has 0 aliphatic carbocycles. The third-order valence-corrected chi connectivity index (χ3v) is 4.13. The molecule has 3 rings (SSSR count). The van der Waals surface area contributed by atoms with Crippen molar-refractivity contribution in [2.45, 2.75) is 6.92 Å². The number of carbonyl (C=O) groups excluding carboxylic acids is 1. The predicted octanol–water partition coefficient (Wildman–Crippen LogP) is 4.17. The number of anilines is 1. The number of hydrogen-bond acceptors (Lipinski definition) is 3. The van der Waals surface area contributed by atoms with E-state index in [0.29, 0.717) is 30.2 Å². The van der Waals surface area contributed by atoms with Crippen molar-refractivity contribution >= 4 is 23.2 Å². The summed E-state index contributed by atoms with van der Waals surface area (Å²) in [6, 6.07) is 13.5. The average molecular weight is 335 g/mol. The van der Waals surface area contributed by atoms with Crippen LogP contribution in [0.15, 0.2) is 55.1 Å². The standard InChI is InChI=1S/C21H21NO3/c1-4-12-25-19-11-10-15(14-20(19)24-3)13-17-16-8-6-7-9-18(16)22(5-2)21(17)23/h4,6-11,13-14H,1,5,12H2,2-3H3/b17-13-. The molecule has 0 aromatic heterocycles. The highest BCUT2D eigenvalue weighted by molar-refractivity contribution is 6.35. The van der Waals surface area contributed by atoms with Gasteiger partial charge in [-0.25, -0.2) is 0 Å². The van der Waals surface area contributed by atoms with E-state index < -0.39 is 0 Å². The Morgan fingerprint density at radius 2 is 1.96 bits per heavy atom. The summed E-state index contributed by atoms with van der Waals surface area (Å²) in [5.74, 6) is 1.30. The molecule has 2 aromatic carbocycles. The van der Waals surface area contributed by atoms with Gasteiger partial charge in [0, 0.05) is 17.7 Å². The maximum absolute atomic E-state index is 12.8. The van der Waals surface area contributed by atoms with Gasteiger partial charge < -0.3 is 14.4 Å². The summed E-state index contributed by atoms with van der Waals surface area (Å²) in [5.41, 5.74) is 3.50. The molecule has 25 heavy (non-hydrogen) atoms. The van der Waals surface area contributed by atoms with Gasteiger partial charge in [-0.2, -0.15) is 0 Å². The van der Waals surface area contributed by atoms with Gasteiger partial charge >= 0.3 is 0 Å². The number of carbonyl (C=O) groups is 1. The quantitative estimate of drug-likeness (QED) is 0.587. The number of hydrogen-bond donors (Lipinski definition) is 0. The van der Waals surface area contributed by atoms with E-state index in [-0.39, 0.29) is 5.91 Å². The van der Waals surface area contributed by atoms with E-state index in [1.165, 1.54) is 0 Å². The zero-order valence-electron chi connectivity index (χ0n) is 14.5. The van der Waals surface area contributed by atoms with Crippen molar-refractivity contribution < 1.29 is 14.3 Å². The zero-order chi connectivity index (χ0) is 17.8. The topological polar surface area (TPSA) is 38.8 Å². The lowest BCUT2D eigenvalue weighted by Crippen LogP contribution is -2.25. The van der Waals surface area contributed by atoms with Gasteiger partial charge in [0.2, 0.25) is 0 Å². The van der Waals surface area contributed by atoms with Crippen LogP contribution in [0.4, 0.5) is 5.69 Å². The monoisotopic (exact) mass is 335 g/mol. The van der Waals surface area contributed by atoms with Gasteiger partial charge in [0.05, 0.1) is 12.8 Å². The zero-order valence-corrected chi connectivity index (χ0v) is 14.5. The van der Waals surface area contributed by atoms with Crippen LogP contribution in [-0.2, 0) is 4.79 Å². The van der Waals surface area contributed by atoms with E-state index >= 15 is 0 Å². The molecule has 0 radical (unpaired) electrons. The Morgan fingerprint density at radius 3 is 2.68 bits per heavy atom. The first-order valence-corrected chi connectivity index (χ1v) is 8.24. The minimum atomic E-state index is 0.0228. The number of fused-ring (bicyclic) bond motifs is 1. The van der Waals surface area contributed by atoms with Crippen LogP contribution in [-0.4, -0.2) is 26.2 Å². The van der Waals surface area contributed by atoms with E-state index in [1.807, 2.05) is 55.5 Å². The van der Waals surface area contributed by atoms with Crippen LogP contribution in [0.25, 0.3) is 11.6 Å². The number of methoxy groups -OCH3 is 1. The first kappa shape index (κ1) is 16.8. The summed E-state index contributed by atoms with van der Waals surface area (Å²) in [7, 11) is 1.60. The molecule has 2 aromatic rings. The summed E-state index contributed by atoms with van der Waals surface area (Å²) in [6.07, 6.45) is 3.58. The Hall–Kier alpha value is -3.01. The van der Waals surface area contributed by atoms with Gasteiger partial charge in [0.25, 0.3) is 5.91 Å². The van der Waals surface area contributed by atoms with Crippen molar-refractivity contribution in [3.63, 3.8) is 0 Å². The second kappa shape index (κ2) is 7.26. The third-order valence-electron chi connectivity index (χ3n) is 4.13. The Balaban J connectivity index is 2.00. The molecule has 0 bridgehead atoms. The second-order valence-electron chi connectivity index (χ2n) is 5.63. The number of nitrogens with zero attached hydrogens (tertiary/aromatic N) is 1. The van der Waals surface area contributed by atoms with Crippen LogP contribution in [0.1, 0.15) is 18.1 Å². The molecule has 0 saturated heterocycles. The summed E-state index contributed by atoms with van der Waals surface area (Å²) >= 11 is 0. The minimum Gasteiger partial charge on any atom is -0.493 e. The smallest absolute Gasteiger partial charge is 0.258 e. The molecule has 4 nitrogen and oxygen atoms in total. The first-order valence-electron chi connectivity index (χ1n) is 8.24. The normalized spacial score (nSPS) is 14.6. The molecule has 0 unspecified atom stereocenters. The highest BCUT2D eigenvalue weighted by Gasteiger charge is 2.30. The van der Waals surface area contributed by atoms with Crippen molar-refractivity contribution in [2.75, 3.05) is 25.2 Å². The van der Waals surface area contributed by atoms with Crippen LogP contribution in [0, 0.1) is 0 Å². The van der Waals surface area contributed by atoms with Crippen molar-refractivity contribution in [2.24, 2.45) is 0 Å². The second-order valence-corrected chi connectivity index (χ2v) is 5.63. The summed E-state index contributed by atoms with van der Waals surface area (Å²) in [4.78, 5) is 14.5. The number of ether oxygens (including phenoxy) is 2. The van der Waals surface area contributed by atoms with E-state index in [2.05, 4.69) is 6.58 Å². The summed E-state index contributed by atoms with van der Waals surface area (Å²) < 4.78 is 11.0. The highest BCUT2D eigenvalue weighted by Crippen LogP contribution is 2.38. The van der Waals surface area contributed by atoms with E-state index in [0.717, 1.165) is 16.8 Å². The van der Waals surface area contributed by atoms with Gasteiger partial charge in [0.15, 0.2) is 11.5 Å². The van der Waals surface area contributed by atoms with Crippen molar-refractivity contribution in [1.82, 2.24) is 0 Å². The Morgan fingerprint density at radius 1 is 1.16 bits per heavy atom. The van der Waals surface area contributed by atoms with Gasteiger partial charge in [-0.05, 0) is 36.8 Å². The van der Waals surface area contributed by atoms with Gasteiger partial charge in [-0.15, -0.1) is 0 Å². The molecule has 128 valence electrons.